The minimum absolute atomic E-state index is 0.324. The molecular formula is C12H19N5. The molecule has 0 radical (unpaired) electrons. The summed E-state index contributed by atoms with van der Waals surface area (Å²) >= 11 is 0. The summed E-state index contributed by atoms with van der Waals surface area (Å²) in [7, 11) is 0. The van der Waals surface area contributed by atoms with Gasteiger partial charge in [0.15, 0.2) is 5.82 Å². The summed E-state index contributed by atoms with van der Waals surface area (Å²) < 4.78 is 1.70. The molecule has 2 rings (SSSR count). The van der Waals surface area contributed by atoms with Crippen molar-refractivity contribution in [3.8, 4) is 5.69 Å². The summed E-state index contributed by atoms with van der Waals surface area (Å²) in [6, 6.07) is 3.61. The third-order valence-electron chi connectivity index (χ3n) is 2.06. The molecule has 0 fully saturated rings. The highest BCUT2D eigenvalue weighted by molar-refractivity contribution is 5.40. The Morgan fingerprint density at radius 3 is 2.47 bits per heavy atom. The van der Waals surface area contributed by atoms with Crippen molar-refractivity contribution in [3.63, 3.8) is 0 Å². The number of nitrogens with two attached hydrogens (primary N) is 1. The van der Waals surface area contributed by atoms with Gasteiger partial charge in [0.25, 0.3) is 0 Å². The monoisotopic (exact) mass is 233 g/mol. The van der Waals surface area contributed by atoms with Crippen LogP contribution in [0.4, 0.5) is 5.82 Å². The molecule has 2 heterocycles. The van der Waals surface area contributed by atoms with E-state index in [1.165, 1.54) is 0 Å². The maximum Gasteiger partial charge on any atom is 0.153 e. The molecule has 17 heavy (non-hydrogen) atoms. The molecule has 0 aliphatic heterocycles. The number of hydrogen-bond donors (Lipinski definition) is 1. The Morgan fingerprint density at radius 1 is 1.24 bits per heavy atom. The van der Waals surface area contributed by atoms with Gasteiger partial charge in [0.1, 0.15) is 12.1 Å². The summed E-state index contributed by atoms with van der Waals surface area (Å²) in [4.78, 5) is 8.14. The first-order chi connectivity index (χ1) is 8.16. The maximum absolute atomic E-state index is 5.59. The van der Waals surface area contributed by atoms with E-state index >= 15 is 0 Å². The van der Waals surface area contributed by atoms with Gasteiger partial charge in [-0.05, 0) is 6.07 Å². The van der Waals surface area contributed by atoms with E-state index in [1.54, 1.807) is 23.3 Å². The quantitative estimate of drug-likeness (QED) is 0.864. The van der Waals surface area contributed by atoms with Crippen molar-refractivity contribution in [2.45, 2.75) is 33.6 Å². The summed E-state index contributed by atoms with van der Waals surface area (Å²) in [5.41, 5.74) is 6.47. The fourth-order valence-corrected chi connectivity index (χ4v) is 1.24. The molecule has 0 atom stereocenters. The largest absolute Gasteiger partial charge is 0.384 e. The second kappa shape index (κ2) is 5.98. The van der Waals surface area contributed by atoms with Crippen molar-refractivity contribution in [1.29, 1.82) is 0 Å². The van der Waals surface area contributed by atoms with E-state index in [-0.39, 0.29) is 0 Å². The Labute approximate surface area is 102 Å². The van der Waals surface area contributed by atoms with E-state index in [4.69, 9.17) is 5.73 Å². The number of aromatic nitrogens is 4. The molecule has 0 saturated heterocycles. The lowest BCUT2D eigenvalue weighted by Gasteiger charge is -2.00. The van der Waals surface area contributed by atoms with Crippen LogP contribution in [0.5, 0.6) is 0 Å². The van der Waals surface area contributed by atoms with Gasteiger partial charge < -0.3 is 5.73 Å². The summed E-state index contributed by atoms with van der Waals surface area (Å²) in [6.07, 6.45) is 3.34. The van der Waals surface area contributed by atoms with Crippen molar-refractivity contribution in [2.24, 2.45) is 0 Å². The van der Waals surface area contributed by atoms with Crippen LogP contribution in [0.25, 0.3) is 5.69 Å². The van der Waals surface area contributed by atoms with Crippen LogP contribution in [0.1, 0.15) is 39.4 Å². The highest BCUT2D eigenvalue weighted by Gasteiger charge is 2.06. The lowest BCUT2D eigenvalue weighted by atomic mass is 10.2. The summed E-state index contributed by atoms with van der Waals surface area (Å²) in [5, 5.41) is 4.34. The molecule has 0 amide bonds. The average Bonchev–Trinajstić information content (AvgIpc) is 2.81. The molecule has 2 aromatic heterocycles. The number of anilines is 1. The Kier molecular flexibility index (Phi) is 4.63. The smallest absolute Gasteiger partial charge is 0.153 e. The Hall–Kier alpha value is -1.91. The fourth-order valence-electron chi connectivity index (χ4n) is 1.24. The van der Waals surface area contributed by atoms with E-state index in [2.05, 4.69) is 28.9 Å². The minimum Gasteiger partial charge on any atom is -0.384 e. The second-order valence-corrected chi connectivity index (χ2v) is 3.64. The predicted molar refractivity (Wildman–Crippen MR) is 69.0 cm³/mol. The van der Waals surface area contributed by atoms with E-state index in [1.807, 2.05) is 19.9 Å². The van der Waals surface area contributed by atoms with Gasteiger partial charge in [0, 0.05) is 18.2 Å². The van der Waals surface area contributed by atoms with Crippen LogP contribution in [-0.4, -0.2) is 19.7 Å². The van der Waals surface area contributed by atoms with Gasteiger partial charge >= 0.3 is 0 Å². The molecule has 5 nitrogen and oxygen atoms in total. The SMILES string of the molecule is CC.CC(C)c1ncn(-c2ccnc(N)c2)n1. The standard InChI is InChI=1S/C10H13N5.C2H6/c1-7(2)10-13-6-15(14-10)8-3-4-12-9(11)5-8;1-2/h3-7H,1-2H3,(H2,11,12);1-2H3. The van der Waals surface area contributed by atoms with Crippen molar-refractivity contribution < 1.29 is 0 Å². The molecule has 0 saturated carbocycles. The zero-order valence-corrected chi connectivity index (χ0v) is 10.8. The summed E-state index contributed by atoms with van der Waals surface area (Å²) in [6.45, 7) is 8.11. The van der Waals surface area contributed by atoms with Gasteiger partial charge in [0.05, 0.1) is 5.69 Å². The average molecular weight is 233 g/mol. The molecule has 2 aromatic rings. The fraction of sp³-hybridized carbons (Fsp3) is 0.417. The van der Waals surface area contributed by atoms with Crippen LogP contribution in [0.15, 0.2) is 24.7 Å². The first kappa shape index (κ1) is 13.2. The summed E-state index contributed by atoms with van der Waals surface area (Å²) in [5.74, 6) is 1.63. The highest BCUT2D eigenvalue weighted by atomic mass is 15.3. The van der Waals surface area contributed by atoms with Gasteiger partial charge in [-0.2, -0.15) is 5.10 Å². The van der Waals surface area contributed by atoms with E-state index < -0.39 is 0 Å². The Bertz CT molecular complexity index is 461. The van der Waals surface area contributed by atoms with Crippen LogP contribution in [0.2, 0.25) is 0 Å². The zero-order valence-electron chi connectivity index (χ0n) is 10.8. The molecule has 0 spiro atoms. The number of rotatable bonds is 2. The molecule has 0 unspecified atom stereocenters. The zero-order chi connectivity index (χ0) is 12.8. The van der Waals surface area contributed by atoms with Crippen molar-refractivity contribution in [3.05, 3.63) is 30.5 Å². The molecule has 0 aliphatic rings. The van der Waals surface area contributed by atoms with Gasteiger partial charge in [-0.1, -0.05) is 27.7 Å². The number of nitrogens with zero attached hydrogens (tertiary/aromatic N) is 4. The molecular weight excluding hydrogens is 214 g/mol. The lowest BCUT2D eigenvalue weighted by molar-refractivity contribution is 0.753. The second-order valence-electron chi connectivity index (χ2n) is 3.64. The molecule has 2 N–H and O–H groups in total. The normalized spacial score (nSPS) is 9.94. The van der Waals surface area contributed by atoms with Gasteiger partial charge in [-0.15, -0.1) is 0 Å². The topological polar surface area (TPSA) is 69.6 Å². The van der Waals surface area contributed by atoms with Crippen LogP contribution in [0.3, 0.4) is 0 Å². The van der Waals surface area contributed by atoms with Crippen molar-refractivity contribution >= 4 is 5.82 Å². The van der Waals surface area contributed by atoms with Crippen LogP contribution in [0, 0.1) is 0 Å². The molecule has 92 valence electrons. The van der Waals surface area contributed by atoms with Crippen molar-refractivity contribution in [1.82, 2.24) is 19.7 Å². The van der Waals surface area contributed by atoms with E-state index in [0.717, 1.165) is 11.5 Å². The number of pyridine rings is 1. The highest BCUT2D eigenvalue weighted by Crippen LogP contribution is 2.11. The minimum atomic E-state index is 0.324. The number of nitrogen functional groups attached to an aromatic ring is 1. The predicted octanol–water partition coefficient (Wildman–Crippen LogP) is 2.39. The maximum atomic E-state index is 5.59. The molecule has 0 aromatic carbocycles. The molecule has 0 bridgehead atoms. The third-order valence-corrected chi connectivity index (χ3v) is 2.06. The van der Waals surface area contributed by atoms with E-state index in [0.29, 0.717) is 11.7 Å². The first-order valence-electron chi connectivity index (χ1n) is 5.80. The lowest BCUT2D eigenvalue weighted by Crippen LogP contribution is -1.99. The molecule has 0 aliphatic carbocycles. The van der Waals surface area contributed by atoms with E-state index in [9.17, 15) is 0 Å². The Balaban J connectivity index is 0.000000686. The first-order valence-corrected chi connectivity index (χ1v) is 5.80. The van der Waals surface area contributed by atoms with Crippen LogP contribution < -0.4 is 5.73 Å². The van der Waals surface area contributed by atoms with Gasteiger partial charge in [-0.3, -0.25) is 0 Å². The Morgan fingerprint density at radius 2 is 1.94 bits per heavy atom. The number of hydrogen-bond acceptors (Lipinski definition) is 4. The van der Waals surface area contributed by atoms with Crippen LogP contribution in [-0.2, 0) is 0 Å². The van der Waals surface area contributed by atoms with Gasteiger partial charge in [0.2, 0.25) is 0 Å². The molecule has 5 heteroatoms. The van der Waals surface area contributed by atoms with Gasteiger partial charge in [-0.25, -0.2) is 14.6 Å². The van der Waals surface area contributed by atoms with Crippen molar-refractivity contribution in [2.75, 3.05) is 5.73 Å². The van der Waals surface area contributed by atoms with Crippen LogP contribution >= 0.6 is 0 Å². The third kappa shape index (κ3) is 3.27.